The number of halogens is 3. The number of benzene rings is 3. The first-order valence-corrected chi connectivity index (χ1v) is 17.7. The van der Waals surface area contributed by atoms with Gasteiger partial charge in [-0.05, 0) is 106 Å². The Morgan fingerprint density at radius 1 is 1.02 bits per heavy atom. The Balaban J connectivity index is 1.58. The molecule has 0 aliphatic heterocycles. The predicted molar refractivity (Wildman–Crippen MR) is 192 cm³/mol. The standard InChI is InChI=1S/C41H49F3N2O5/c1-28-10-8-20-39(2)36(19-21-40(39,50)27-46(22-9-23-51-3)38(49)45-32-13-5-4-6-14-32)34-18-16-29(24-33(47)17-15-28)25-35(34)37(48)30-11-7-12-31(26-30)41(42,43)44/h4-7,10-14,16,18,25-26,33,36,47,50H,8-9,15,17,19-24,27H2,1-3H3,(H,45,49)/t33-,36-,39-,40+/m0/s1. The van der Waals surface area contributed by atoms with Crippen LogP contribution in [0.4, 0.5) is 23.7 Å². The number of ether oxygens (including phenoxy) is 1. The van der Waals surface area contributed by atoms with Crippen molar-refractivity contribution in [3.63, 3.8) is 0 Å². The maximum Gasteiger partial charge on any atom is 0.416 e. The van der Waals surface area contributed by atoms with Crippen molar-refractivity contribution in [3.05, 3.63) is 112 Å². The highest BCUT2D eigenvalue weighted by Crippen LogP contribution is 2.59. The van der Waals surface area contributed by atoms with Crippen molar-refractivity contribution in [3.8, 4) is 0 Å². The summed E-state index contributed by atoms with van der Waals surface area (Å²) in [6.45, 7) is 4.85. The van der Waals surface area contributed by atoms with Crippen LogP contribution in [-0.4, -0.2) is 65.4 Å². The highest BCUT2D eigenvalue weighted by molar-refractivity contribution is 6.10. The van der Waals surface area contributed by atoms with Gasteiger partial charge in [-0.15, -0.1) is 0 Å². The summed E-state index contributed by atoms with van der Waals surface area (Å²) in [7, 11) is 1.60. The van der Waals surface area contributed by atoms with Gasteiger partial charge in [0.05, 0.1) is 23.8 Å². The molecule has 3 aromatic rings. The van der Waals surface area contributed by atoms with Crippen molar-refractivity contribution >= 4 is 17.5 Å². The van der Waals surface area contributed by atoms with Crippen molar-refractivity contribution in [2.45, 2.75) is 89.0 Å². The van der Waals surface area contributed by atoms with E-state index in [0.29, 0.717) is 74.9 Å². The number of aliphatic hydroxyl groups is 2. The predicted octanol–water partition coefficient (Wildman–Crippen LogP) is 8.55. The number of para-hydroxylation sites is 1. The molecule has 4 atom stereocenters. The van der Waals surface area contributed by atoms with Crippen molar-refractivity contribution < 1.29 is 37.7 Å². The van der Waals surface area contributed by atoms with E-state index in [1.807, 2.05) is 44.2 Å². The number of fused-ring (bicyclic) bond motifs is 8. The molecule has 3 aliphatic carbocycles. The fourth-order valence-electron chi connectivity index (χ4n) is 7.88. The lowest BCUT2D eigenvalue weighted by Crippen LogP contribution is -2.54. The summed E-state index contributed by atoms with van der Waals surface area (Å²) in [4.78, 5) is 29.6. The second-order valence-electron chi connectivity index (χ2n) is 14.4. The van der Waals surface area contributed by atoms with Crippen LogP contribution in [0.1, 0.15) is 97.3 Å². The summed E-state index contributed by atoms with van der Waals surface area (Å²) in [6.07, 6.45) is 0.860. The van der Waals surface area contributed by atoms with Gasteiger partial charge in [-0.2, -0.15) is 13.2 Å². The molecule has 3 N–H and O–H groups in total. The molecule has 3 aromatic carbocycles. The number of allylic oxidation sites excluding steroid dienone is 2. The van der Waals surface area contributed by atoms with E-state index in [-0.39, 0.29) is 36.0 Å². The van der Waals surface area contributed by atoms with Crippen LogP contribution in [0.5, 0.6) is 0 Å². The van der Waals surface area contributed by atoms with E-state index in [4.69, 9.17) is 4.74 Å². The normalized spacial score (nSPS) is 24.0. The van der Waals surface area contributed by atoms with Crippen molar-refractivity contribution in [2.75, 3.05) is 32.1 Å². The molecule has 0 radical (unpaired) electrons. The SMILES string of the molecule is COCCCN(C[C@]1(O)CC[C@H]2c3ccc(cc3C(=O)c3cccc(C(F)(F)F)c3)C[C@@H](O)CCC(C)=CCC[C@@]21C)C(=O)Nc1ccccc1. The van der Waals surface area contributed by atoms with E-state index in [0.717, 1.165) is 17.7 Å². The first-order valence-electron chi connectivity index (χ1n) is 17.7. The second-order valence-corrected chi connectivity index (χ2v) is 14.4. The lowest BCUT2D eigenvalue weighted by molar-refractivity contribution is -0.137. The highest BCUT2D eigenvalue weighted by atomic mass is 19.4. The molecule has 7 nitrogen and oxygen atoms in total. The third kappa shape index (κ3) is 8.91. The number of nitrogens with zero attached hydrogens (tertiary/aromatic N) is 1. The number of rotatable bonds is 9. The zero-order valence-corrected chi connectivity index (χ0v) is 29.6. The van der Waals surface area contributed by atoms with Gasteiger partial charge in [0.15, 0.2) is 5.78 Å². The molecule has 1 fully saturated rings. The Bertz CT molecular complexity index is 1710. The summed E-state index contributed by atoms with van der Waals surface area (Å²) < 4.78 is 46.4. The maximum absolute atomic E-state index is 14.3. The van der Waals surface area contributed by atoms with Gasteiger partial charge in [0.25, 0.3) is 0 Å². The number of anilines is 1. The van der Waals surface area contributed by atoms with Crippen molar-refractivity contribution in [1.82, 2.24) is 4.90 Å². The average molecular weight is 707 g/mol. The van der Waals surface area contributed by atoms with Gasteiger partial charge in [0.2, 0.25) is 0 Å². The number of aliphatic hydroxyl groups excluding tert-OH is 1. The molecule has 0 spiro atoms. The van der Waals surface area contributed by atoms with Crippen LogP contribution >= 0.6 is 0 Å². The number of carbonyl (C=O) groups is 2. The minimum absolute atomic E-state index is 0.0340. The Morgan fingerprint density at radius 2 is 1.78 bits per heavy atom. The Morgan fingerprint density at radius 3 is 2.51 bits per heavy atom. The summed E-state index contributed by atoms with van der Waals surface area (Å²) >= 11 is 0. The largest absolute Gasteiger partial charge is 0.416 e. The van der Waals surface area contributed by atoms with Crippen LogP contribution in [0.25, 0.3) is 0 Å². The zero-order chi connectivity index (χ0) is 36.8. The number of nitrogens with one attached hydrogen (secondary N) is 1. The average Bonchev–Trinajstić information content (AvgIpc) is 3.35. The molecule has 0 saturated heterocycles. The fraction of sp³-hybridized carbons (Fsp3) is 0.463. The molecule has 274 valence electrons. The number of hydrogen-bond acceptors (Lipinski definition) is 5. The zero-order valence-electron chi connectivity index (χ0n) is 29.6. The molecular weight excluding hydrogens is 657 g/mol. The molecule has 0 aromatic heterocycles. The lowest BCUT2D eigenvalue weighted by atomic mass is 9.64. The molecule has 0 unspecified atom stereocenters. The smallest absolute Gasteiger partial charge is 0.393 e. The first-order chi connectivity index (χ1) is 24.2. The van der Waals surface area contributed by atoms with E-state index >= 15 is 0 Å². The van der Waals surface area contributed by atoms with E-state index in [1.54, 1.807) is 30.2 Å². The van der Waals surface area contributed by atoms with Crippen molar-refractivity contribution in [1.29, 1.82) is 0 Å². The molecule has 1 saturated carbocycles. The van der Waals surface area contributed by atoms with E-state index in [9.17, 15) is 33.0 Å². The molecule has 0 heterocycles. The van der Waals surface area contributed by atoms with Crippen LogP contribution in [0.2, 0.25) is 0 Å². The molecule has 3 aliphatic rings. The fourth-order valence-corrected chi connectivity index (χ4v) is 7.88. The van der Waals surface area contributed by atoms with Crippen LogP contribution in [0.3, 0.4) is 0 Å². The van der Waals surface area contributed by atoms with Gasteiger partial charge < -0.3 is 25.2 Å². The minimum Gasteiger partial charge on any atom is -0.393 e. The van der Waals surface area contributed by atoms with Gasteiger partial charge in [-0.3, -0.25) is 4.79 Å². The Kier molecular flexibility index (Phi) is 12.1. The van der Waals surface area contributed by atoms with Gasteiger partial charge in [0.1, 0.15) is 0 Å². The number of carbonyl (C=O) groups excluding carboxylic acids is 2. The van der Waals surface area contributed by atoms with E-state index in [1.165, 1.54) is 12.1 Å². The van der Waals surface area contributed by atoms with E-state index in [2.05, 4.69) is 11.4 Å². The molecule has 2 bridgehead atoms. The van der Waals surface area contributed by atoms with Crippen LogP contribution in [0, 0.1) is 5.41 Å². The quantitative estimate of drug-likeness (QED) is 0.118. The van der Waals surface area contributed by atoms with Gasteiger partial charge in [-0.1, -0.05) is 61.0 Å². The second kappa shape index (κ2) is 16.1. The maximum atomic E-state index is 14.3. The third-order valence-corrected chi connectivity index (χ3v) is 10.9. The molecular formula is C41H49F3N2O5. The minimum atomic E-state index is -4.62. The summed E-state index contributed by atoms with van der Waals surface area (Å²) in [5.41, 5.74) is 0.167. The van der Waals surface area contributed by atoms with Crippen molar-refractivity contribution in [2.24, 2.45) is 5.41 Å². The monoisotopic (exact) mass is 706 g/mol. The third-order valence-electron chi connectivity index (χ3n) is 10.9. The van der Waals surface area contributed by atoms with Crippen LogP contribution in [0.15, 0.2) is 84.4 Å². The highest BCUT2D eigenvalue weighted by Gasteiger charge is 2.57. The lowest BCUT2D eigenvalue weighted by Gasteiger charge is -2.46. The number of urea groups is 1. The van der Waals surface area contributed by atoms with Gasteiger partial charge in [0, 0.05) is 42.5 Å². The van der Waals surface area contributed by atoms with E-state index < -0.39 is 34.6 Å². The molecule has 6 rings (SSSR count). The van der Waals surface area contributed by atoms with Gasteiger partial charge in [-0.25, -0.2) is 4.79 Å². The Labute approximate surface area is 298 Å². The summed E-state index contributed by atoms with van der Waals surface area (Å²) in [5.74, 6) is -0.905. The van der Waals surface area contributed by atoms with Gasteiger partial charge >= 0.3 is 12.2 Å². The first kappa shape index (κ1) is 38.2. The number of hydrogen-bond donors (Lipinski definition) is 3. The summed E-state index contributed by atoms with van der Waals surface area (Å²) in [6, 6.07) is 18.6. The van der Waals surface area contributed by atoms with Crippen LogP contribution in [-0.2, 0) is 17.3 Å². The summed E-state index contributed by atoms with van der Waals surface area (Å²) in [5, 5.41) is 26.6. The number of ketones is 1. The number of amides is 2. The number of alkyl halides is 3. The topological polar surface area (TPSA) is 99.1 Å². The molecule has 51 heavy (non-hydrogen) atoms. The molecule has 2 amide bonds. The van der Waals surface area contributed by atoms with Crippen LogP contribution < -0.4 is 5.32 Å². The molecule has 10 heteroatoms. The Hall–Kier alpha value is -3.99. The number of methoxy groups -OCH3 is 1.